The number of nitrogens with two attached hydrogens (primary N) is 1. The van der Waals surface area contributed by atoms with Crippen molar-refractivity contribution in [1.82, 2.24) is 9.80 Å². The number of rotatable bonds is 3. The van der Waals surface area contributed by atoms with Gasteiger partial charge in [-0.15, -0.1) is 0 Å². The van der Waals surface area contributed by atoms with E-state index < -0.39 is 5.54 Å². The monoisotopic (exact) mass is 275 g/mol. The van der Waals surface area contributed by atoms with Crippen molar-refractivity contribution in [3.05, 3.63) is 35.4 Å². The first-order valence-electron chi connectivity index (χ1n) is 7.17. The van der Waals surface area contributed by atoms with Crippen LogP contribution in [-0.2, 0) is 4.79 Å². The molecule has 1 amide bonds. The third-order valence-electron chi connectivity index (χ3n) is 4.41. The summed E-state index contributed by atoms with van der Waals surface area (Å²) in [4.78, 5) is 16.5. The quantitative estimate of drug-likeness (QED) is 0.910. The number of carbonyl (C=O) groups is 1. The van der Waals surface area contributed by atoms with E-state index in [0.717, 1.165) is 13.1 Å². The summed E-state index contributed by atoms with van der Waals surface area (Å²) in [5.41, 5.74) is 7.97. The fraction of sp³-hybridized carbons (Fsp3) is 0.562. The van der Waals surface area contributed by atoms with Gasteiger partial charge < -0.3 is 10.6 Å². The average molecular weight is 275 g/mol. The lowest BCUT2D eigenvalue weighted by Gasteiger charge is -2.48. The number of carbonyl (C=O) groups excluding carboxylic acids is 1. The van der Waals surface area contributed by atoms with Crippen molar-refractivity contribution in [2.75, 3.05) is 26.7 Å². The van der Waals surface area contributed by atoms with Gasteiger partial charge in [0.2, 0.25) is 5.91 Å². The maximum Gasteiger partial charge on any atom is 0.242 e. The molecule has 1 aliphatic heterocycles. The Labute approximate surface area is 121 Å². The lowest BCUT2D eigenvalue weighted by atomic mass is 9.91. The molecular formula is C16H25N3O. The van der Waals surface area contributed by atoms with Crippen LogP contribution in [0.25, 0.3) is 0 Å². The average Bonchev–Trinajstić information content (AvgIpc) is 2.41. The van der Waals surface area contributed by atoms with Crippen LogP contribution in [0.3, 0.4) is 0 Å². The summed E-state index contributed by atoms with van der Waals surface area (Å²) < 4.78 is 0. The molecule has 1 atom stereocenters. The number of amides is 1. The molecule has 4 heteroatoms. The summed E-state index contributed by atoms with van der Waals surface area (Å²) in [6.07, 6.45) is 0. The first-order chi connectivity index (χ1) is 9.39. The maximum absolute atomic E-state index is 12.4. The summed E-state index contributed by atoms with van der Waals surface area (Å²) in [6.45, 7) is 8.21. The number of hydrogen-bond donors (Lipinski definition) is 1. The van der Waals surface area contributed by atoms with Crippen molar-refractivity contribution in [1.29, 1.82) is 0 Å². The molecule has 1 aromatic rings. The molecule has 1 saturated heterocycles. The highest BCUT2D eigenvalue weighted by atomic mass is 16.2. The minimum atomic E-state index is -0.515. The van der Waals surface area contributed by atoms with Crippen LogP contribution >= 0.6 is 0 Å². The maximum atomic E-state index is 12.4. The standard InChI is InChI=1S/C16H25N3O/c1-12-7-5-6-8-13(12)14(11-17)19-10-9-18(4)15(20)16(19,2)3/h5-8,14H,9-11,17H2,1-4H3. The lowest BCUT2D eigenvalue weighted by Crippen LogP contribution is -2.63. The second-order valence-corrected chi connectivity index (χ2v) is 6.09. The molecule has 2 rings (SSSR count). The molecule has 0 bridgehead atoms. The van der Waals surface area contributed by atoms with Crippen LogP contribution in [-0.4, -0.2) is 47.9 Å². The number of likely N-dealkylation sites (N-methyl/N-ethyl adjacent to an activating group) is 1. The summed E-state index contributed by atoms with van der Waals surface area (Å²) in [7, 11) is 1.87. The highest BCUT2D eigenvalue weighted by molar-refractivity contribution is 5.86. The Morgan fingerprint density at radius 3 is 2.55 bits per heavy atom. The zero-order valence-electron chi connectivity index (χ0n) is 12.9. The molecule has 1 unspecified atom stereocenters. The van der Waals surface area contributed by atoms with Gasteiger partial charge in [0.1, 0.15) is 0 Å². The van der Waals surface area contributed by atoms with Gasteiger partial charge in [-0.3, -0.25) is 9.69 Å². The van der Waals surface area contributed by atoms with E-state index in [1.807, 2.05) is 37.9 Å². The highest BCUT2D eigenvalue weighted by Gasteiger charge is 2.43. The fourth-order valence-electron chi connectivity index (χ4n) is 3.16. The SMILES string of the molecule is Cc1ccccc1C(CN)N1CCN(C)C(=O)C1(C)C. The first kappa shape index (κ1) is 15.0. The Morgan fingerprint density at radius 1 is 1.30 bits per heavy atom. The molecule has 2 N–H and O–H groups in total. The number of aryl methyl sites for hydroxylation is 1. The van der Waals surface area contributed by atoms with Crippen molar-refractivity contribution in [3.63, 3.8) is 0 Å². The van der Waals surface area contributed by atoms with Crippen LogP contribution in [0.1, 0.15) is 31.0 Å². The molecule has 1 aliphatic rings. The predicted octanol–water partition coefficient (Wildman–Crippen LogP) is 1.55. The Kier molecular flexibility index (Phi) is 4.16. The molecule has 0 spiro atoms. The third kappa shape index (κ3) is 2.45. The third-order valence-corrected chi connectivity index (χ3v) is 4.41. The molecule has 1 fully saturated rings. The number of piperazine rings is 1. The Bertz CT molecular complexity index is 498. The van der Waals surface area contributed by atoms with Gasteiger partial charge in [-0.2, -0.15) is 0 Å². The minimum Gasteiger partial charge on any atom is -0.343 e. The Hall–Kier alpha value is -1.39. The highest BCUT2D eigenvalue weighted by Crippen LogP contribution is 2.32. The first-order valence-corrected chi connectivity index (χ1v) is 7.17. The molecule has 0 saturated carbocycles. The largest absolute Gasteiger partial charge is 0.343 e. The van der Waals surface area contributed by atoms with E-state index in [-0.39, 0.29) is 11.9 Å². The molecule has 1 aromatic carbocycles. The van der Waals surface area contributed by atoms with E-state index in [2.05, 4.69) is 24.0 Å². The van der Waals surface area contributed by atoms with Crippen LogP contribution in [0.4, 0.5) is 0 Å². The summed E-state index contributed by atoms with van der Waals surface area (Å²) in [5, 5.41) is 0. The fourth-order valence-corrected chi connectivity index (χ4v) is 3.16. The number of nitrogens with zero attached hydrogens (tertiary/aromatic N) is 2. The molecule has 4 nitrogen and oxygen atoms in total. The molecular weight excluding hydrogens is 250 g/mol. The van der Waals surface area contributed by atoms with E-state index in [4.69, 9.17) is 5.73 Å². The van der Waals surface area contributed by atoms with E-state index in [9.17, 15) is 4.79 Å². The number of hydrogen-bond acceptors (Lipinski definition) is 3. The van der Waals surface area contributed by atoms with E-state index in [1.54, 1.807) is 0 Å². The van der Waals surface area contributed by atoms with Crippen LogP contribution in [0.2, 0.25) is 0 Å². The van der Waals surface area contributed by atoms with Gasteiger partial charge >= 0.3 is 0 Å². The zero-order chi connectivity index (χ0) is 14.9. The lowest BCUT2D eigenvalue weighted by molar-refractivity contribution is -0.149. The summed E-state index contributed by atoms with van der Waals surface area (Å²) in [5.74, 6) is 0.163. The van der Waals surface area contributed by atoms with Gasteiger partial charge in [0.05, 0.1) is 5.54 Å². The van der Waals surface area contributed by atoms with Crippen molar-refractivity contribution in [2.45, 2.75) is 32.4 Å². The van der Waals surface area contributed by atoms with Gasteiger partial charge in [0, 0.05) is 32.7 Å². The van der Waals surface area contributed by atoms with Crippen molar-refractivity contribution in [2.24, 2.45) is 5.73 Å². The van der Waals surface area contributed by atoms with Crippen LogP contribution in [0.5, 0.6) is 0 Å². The number of benzene rings is 1. The van der Waals surface area contributed by atoms with Crippen molar-refractivity contribution >= 4 is 5.91 Å². The van der Waals surface area contributed by atoms with Gasteiger partial charge in [0.15, 0.2) is 0 Å². The molecule has 0 aromatic heterocycles. The van der Waals surface area contributed by atoms with E-state index in [1.165, 1.54) is 11.1 Å². The predicted molar refractivity (Wildman–Crippen MR) is 81.4 cm³/mol. The van der Waals surface area contributed by atoms with E-state index >= 15 is 0 Å². The van der Waals surface area contributed by atoms with Crippen molar-refractivity contribution < 1.29 is 4.79 Å². The van der Waals surface area contributed by atoms with Gasteiger partial charge in [-0.05, 0) is 31.9 Å². The Morgan fingerprint density at radius 2 is 1.95 bits per heavy atom. The molecule has 20 heavy (non-hydrogen) atoms. The van der Waals surface area contributed by atoms with Gasteiger partial charge in [-0.25, -0.2) is 0 Å². The summed E-state index contributed by atoms with van der Waals surface area (Å²) >= 11 is 0. The normalized spacial score (nSPS) is 21.1. The minimum absolute atomic E-state index is 0.0869. The second kappa shape index (κ2) is 5.54. The smallest absolute Gasteiger partial charge is 0.242 e. The molecule has 110 valence electrons. The molecule has 0 radical (unpaired) electrons. The van der Waals surface area contributed by atoms with Gasteiger partial charge in [-0.1, -0.05) is 24.3 Å². The van der Waals surface area contributed by atoms with Crippen molar-refractivity contribution in [3.8, 4) is 0 Å². The van der Waals surface area contributed by atoms with Crippen LogP contribution < -0.4 is 5.73 Å². The zero-order valence-corrected chi connectivity index (χ0v) is 12.9. The van der Waals surface area contributed by atoms with Crippen LogP contribution in [0, 0.1) is 6.92 Å². The molecule has 1 heterocycles. The van der Waals surface area contributed by atoms with E-state index in [0.29, 0.717) is 6.54 Å². The Balaban J connectivity index is 2.37. The second-order valence-electron chi connectivity index (χ2n) is 6.09. The van der Waals surface area contributed by atoms with Crippen LogP contribution in [0.15, 0.2) is 24.3 Å². The van der Waals surface area contributed by atoms with Gasteiger partial charge in [0.25, 0.3) is 0 Å². The molecule has 0 aliphatic carbocycles. The summed E-state index contributed by atoms with van der Waals surface area (Å²) in [6, 6.07) is 8.38. The topological polar surface area (TPSA) is 49.6 Å².